The van der Waals surface area contributed by atoms with E-state index in [4.69, 9.17) is 23.7 Å². The van der Waals surface area contributed by atoms with E-state index in [9.17, 15) is 19.2 Å². The molecule has 0 spiro atoms. The van der Waals surface area contributed by atoms with Gasteiger partial charge in [0.05, 0.1) is 43.9 Å². The summed E-state index contributed by atoms with van der Waals surface area (Å²) in [5, 5.41) is 0.502. The number of benzene rings is 2. The van der Waals surface area contributed by atoms with Gasteiger partial charge in [-0.2, -0.15) is 0 Å². The monoisotopic (exact) mass is 621 g/mol. The van der Waals surface area contributed by atoms with Gasteiger partial charge >= 0.3 is 17.7 Å². The third kappa shape index (κ3) is 7.22. The second kappa shape index (κ2) is 15.2. The van der Waals surface area contributed by atoms with E-state index in [1.807, 2.05) is 39.0 Å². The first-order chi connectivity index (χ1) is 21.7. The molecule has 0 radical (unpaired) electrons. The van der Waals surface area contributed by atoms with Gasteiger partial charge in [-0.1, -0.05) is 38.8 Å². The van der Waals surface area contributed by atoms with E-state index >= 15 is 0 Å². The first-order valence-corrected chi connectivity index (χ1v) is 15.9. The number of Topliss-reactive ketones (excluding diaryl/α,β-unsaturated/α-hetero) is 1. The number of rotatable bonds is 15. The molecule has 4 rings (SSSR count). The van der Waals surface area contributed by atoms with Crippen LogP contribution in [0.1, 0.15) is 92.3 Å². The van der Waals surface area contributed by atoms with Crippen molar-refractivity contribution in [3.05, 3.63) is 69.0 Å². The number of esters is 2. The molecule has 0 fully saturated rings. The molecule has 1 atom stereocenters. The highest BCUT2D eigenvalue weighted by atomic mass is 16.7. The van der Waals surface area contributed by atoms with Crippen LogP contribution >= 0.6 is 0 Å². The molecule has 0 saturated carbocycles. The number of hydrogen-bond donors (Lipinski definition) is 0. The summed E-state index contributed by atoms with van der Waals surface area (Å²) < 4.78 is 30.7. The molecule has 1 aliphatic heterocycles. The number of ketones is 1. The summed E-state index contributed by atoms with van der Waals surface area (Å²) in [6.45, 7) is 10.4. The fourth-order valence-corrected chi connectivity index (χ4v) is 5.63. The lowest BCUT2D eigenvalue weighted by Crippen LogP contribution is -2.52. The largest absolute Gasteiger partial charge is 0.493 e. The Bertz CT molecular complexity index is 1610. The summed E-state index contributed by atoms with van der Waals surface area (Å²) in [7, 11) is 0. The highest BCUT2D eigenvalue weighted by Crippen LogP contribution is 2.38. The Hall–Kier alpha value is -4.18. The minimum Gasteiger partial charge on any atom is -0.493 e. The summed E-state index contributed by atoms with van der Waals surface area (Å²) in [6, 6.07) is 10.4. The zero-order chi connectivity index (χ0) is 32.6. The number of ether oxygens (including phenoxy) is 5. The van der Waals surface area contributed by atoms with Crippen molar-refractivity contribution in [2.45, 2.75) is 85.5 Å². The van der Waals surface area contributed by atoms with E-state index in [1.54, 1.807) is 30.5 Å². The number of aryl methyl sites for hydroxylation is 3. The second-order valence-corrected chi connectivity index (χ2v) is 10.9. The lowest BCUT2D eigenvalue weighted by atomic mass is 9.94. The van der Waals surface area contributed by atoms with Gasteiger partial charge in [-0.05, 0) is 56.9 Å². The highest BCUT2D eigenvalue weighted by molar-refractivity contribution is 6.03. The Labute approximate surface area is 263 Å². The maximum Gasteiger partial charge on any atom is 0.380 e. The summed E-state index contributed by atoms with van der Waals surface area (Å²) in [4.78, 5) is 52.0. The van der Waals surface area contributed by atoms with Crippen molar-refractivity contribution in [3.8, 4) is 11.5 Å². The predicted octanol–water partition coefficient (Wildman–Crippen LogP) is 5.81. The Morgan fingerprint density at radius 3 is 2.33 bits per heavy atom. The van der Waals surface area contributed by atoms with E-state index < -0.39 is 17.7 Å². The fraction of sp³-hybridized carbons (Fsp3) is 0.486. The minimum atomic E-state index is -1.89. The lowest BCUT2D eigenvalue weighted by Gasteiger charge is -2.36. The Morgan fingerprint density at radius 1 is 0.911 bits per heavy atom. The Morgan fingerprint density at radius 2 is 1.64 bits per heavy atom. The third-order valence-electron chi connectivity index (χ3n) is 7.66. The lowest BCUT2D eigenvalue weighted by molar-refractivity contribution is -0.218. The first kappa shape index (κ1) is 33.7. The smallest absolute Gasteiger partial charge is 0.380 e. The van der Waals surface area contributed by atoms with Gasteiger partial charge in [-0.25, -0.2) is 9.59 Å². The zero-order valence-corrected chi connectivity index (χ0v) is 26.9. The molecule has 1 aromatic heterocycles. The van der Waals surface area contributed by atoms with E-state index in [0.29, 0.717) is 53.8 Å². The maximum absolute atomic E-state index is 13.2. The molecule has 0 saturated heterocycles. The number of para-hydroxylation sites is 1. The van der Waals surface area contributed by atoms with Crippen LogP contribution < -0.4 is 14.9 Å². The number of hydrogen-bond acceptors (Lipinski definition) is 9. The molecule has 2 aromatic carbocycles. The molecule has 0 bridgehead atoms. The minimum absolute atomic E-state index is 0.0563. The van der Waals surface area contributed by atoms with Gasteiger partial charge in [0.25, 0.3) is 0 Å². The van der Waals surface area contributed by atoms with Crippen LogP contribution in [0.2, 0.25) is 0 Å². The molecule has 10 nitrogen and oxygen atoms in total. The van der Waals surface area contributed by atoms with Gasteiger partial charge in [0.15, 0.2) is 11.2 Å². The van der Waals surface area contributed by atoms with Crippen molar-refractivity contribution in [1.82, 2.24) is 4.57 Å². The predicted molar refractivity (Wildman–Crippen MR) is 169 cm³/mol. The SMILES string of the molecule is CCCc1cc2c(=O)cc(C(=O)OCC)n(CC)c2cc1OCCCOC1(C(=O)OCC)CC(=O)c2cccc(CCC)c2O1. The van der Waals surface area contributed by atoms with Crippen LogP contribution in [-0.2, 0) is 38.4 Å². The van der Waals surface area contributed by atoms with Crippen LogP contribution in [0.3, 0.4) is 0 Å². The molecule has 3 aromatic rings. The summed E-state index contributed by atoms with van der Waals surface area (Å²) in [5.74, 6) is -2.48. The summed E-state index contributed by atoms with van der Waals surface area (Å²) in [6.07, 6.45) is 3.12. The average Bonchev–Trinajstić information content (AvgIpc) is 3.02. The van der Waals surface area contributed by atoms with Gasteiger partial charge in [0.1, 0.15) is 17.2 Å². The Balaban J connectivity index is 1.55. The van der Waals surface area contributed by atoms with Crippen LogP contribution in [0.4, 0.5) is 0 Å². The van der Waals surface area contributed by atoms with E-state index in [2.05, 4.69) is 0 Å². The van der Waals surface area contributed by atoms with Crippen LogP contribution in [0.5, 0.6) is 11.5 Å². The number of carbonyl (C=O) groups is 3. The number of pyridine rings is 1. The van der Waals surface area contributed by atoms with E-state index in [-0.39, 0.29) is 49.8 Å². The molecule has 1 aliphatic rings. The van der Waals surface area contributed by atoms with Crippen molar-refractivity contribution in [1.29, 1.82) is 0 Å². The number of aromatic nitrogens is 1. The third-order valence-corrected chi connectivity index (χ3v) is 7.66. The molecule has 10 heteroatoms. The molecule has 2 heterocycles. The number of fused-ring (bicyclic) bond motifs is 2. The topological polar surface area (TPSA) is 119 Å². The maximum atomic E-state index is 13.2. The fourth-order valence-electron chi connectivity index (χ4n) is 5.63. The standard InChI is InChI=1S/C35H43NO9/c1-6-13-23-15-11-16-25-30(38)22-35(45-32(23)25,34(40)42-10-5)44-18-12-17-43-31-21-27-26(19-24(31)14-7-2)29(37)20-28(36(27)8-3)33(39)41-9-4/h11,15-16,19-21H,6-10,12-14,17-18,22H2,1-5H3. The quantitative estimate of drug-likeness (QED) is 0.153. The summed E-state index contributed by atoms with van der Waals surface area (Å²) in [5.41, 5.74) is 2.65. The second-order valence-electron chi connectivity index (χ2n) is 10.9. The molecule has 242 valence electrons. The van der Waals surface area contributed by atoms with Crippen LogP contribution in [0.25, 0.3) is 10.9 Å². The highest BCUT2D eigenvalue weighted by Gasteiger charge is 2.50. The van der Waals surface area contributed by atoms with Crippen LogP contribution in [0, 0.1) is 0 Å². The van der Waals surface area contributed by atoms with Gasteiger partial charge in [0.2, 0.25) is 0 Å². The van der Waals surface area contributed by atoms with E-state index in [0.717, 1.165) is 24.0 Å². The molecule has 0 amide bonds. The molecule has 1 unspecified atom stereocenters. The van der Waals surface area contributed by atoms with Crippen molar-refractivity contribution in [3.63, 3.8) is 0 Å². The number of carbonyl (C=O) groups excluding carboxylic acids is 3. The number of nitrogens with zero attached hydrogens (tertiary/aromatic N) is 1. The molecule has 0 N–H and O–H groups in total. The van der Waals surface area contributed by atoms with Gasteiger partial charge < -0.3 is 28.3 Å². The van der Waals surface area contributed by atoms with Crippen molar-refractivity contribution < 1.29 is 38.1 Å². The summed E-state index contributed by atoms with van der Waals surface area (Å²) >= 11 is 0. The zero-order valence-electron chi connectivity index (χ0n) is 26.9. The van der Waals surface area contributed by atoms with E-state index in [1.165, 1.54) is 6.07 Å². The molecular formula is C35H43NO9. The van der Waals surface area contributed by atoms with Gasteiger partial charge in [-0.3, -0.25) is 9.59 Å². The molecular weight excluding hydrogens is 578 g/mol. The normalized spacial score (nSPS) is 15.8. The van der Waals surface area contributed by atoms with Crippen molar-refractivity contribution >= 4 is 28.6 Å². The van der Waals surface area contributed by atoms with Gasteiger partial charge in [-0.15, -0.1) is 0 Å². The van der Waals surface area contributed by atoms with Crippen LogP contribution in [0.15, 0.2) is 41.2 Å². The van der Waals surface area contributed by atoms with Gasteiger partial charge in [0, 0.05) is 30.5 Å². The Kier molecular flexibility index (Phi) is 11.4. The molecule has 45 heavy (non-hydrogen) atoms. The molecule has 0 aliphatic carbocycles. The van der Waals surface area contributed by atoms with Crippen molar-refractivity contribution in [2.75, 3.05) is 26.4 Å². The average molecular weight is 622 g/mol. The van der Waals surface area contributed by atoms with Crippen molar-refractivity contribution in [2.24, 2.45) is 0 Å². The van der Waals surface area contributed by atoms with Crippen LogP contribution in [-0.4, -0.2) is 54.5 Å². The first-order valence-electron chi connectivity index (χ1n) is 15.9.